The SMILES string of the molecule is CCCCCCCC/C=C\CCCCCCCCCCCCOC(=O)OCCCCCCCCCC(C)C. The first-order valence-electron chi connectivity index (χ1n) is 17.1. The van der Waals surface area contributed by atoms with Gasteiger partial charge >= 0.3 is 6.16 Å². The van der Waals surface area contributed by atoms with Crippen molar-refractivity contribution >= 4 is 6.16 Å². The van der Waals surface area contributed by atoms with Crippen LogP contribution in [0.3, 0.4) is 0 Å². The number of ether oxygens (including phenoxy) is 2. The number of unbranched alkanes of at least 4 members (excludes halogenated alkanes) is 22. The van der Waals surface area contributed by atoms with Crippen molar-refractivity contribution in [2.75, 3.05) is 13.2 Å². The van der Waals surface area contributed by atoms with Crippen molar-refractivity contribution in [1.29, 1.82) is 0 Å². The van der Waals surface area contributed by atoms with Gasteiger partial charge < -0.3 is 9.47 Å². The van der Waals surface area contributed by atoms with Crippen molar-refractivity contribution in [1.82, 2.24) is 0 Å². The number of rotatable bonds is 30. The molecule has 3 nitrogen and oxygen atoms in total. The van der Waals surface area contributed by atoms with Crippen molar-refractivity contribution in [3.8, 4) is 0 Å². The van der Waals surface area contributed by atoms with Crippen LogP contribution in [0.25, 0.3) is 0 Å². The second kappa shape index (κ2) is 32.2. The van der Waals surface area contributed by atoms with Crippen LogP contribution in [0, 0.1) is 5.92 Å². The van der Waals surface area contributed by atoms with Gasteiger partial charge in [-0.1, -0.05) is 161 Å². The molecule has 0 spiro atoms. The summed E-state index contributed by atoms with van der Waals surface area (Å²) in [5.41, 5.74) is 0. The lowest BCUT2D eigenvalue weighted by atomic mass is 10.0. The fourth-order valence-electron chi connectivity index (χ4n) is 4.95. The maximum Gasteiger partial charge on any atom is 0.508 e. The summed E-state index contributed by atoms with van der Waals surface area (Å²) in [5, 5.41) is 0. The van der Waals surface area contributed by atoms with E-state index in [1.165, 1.54) is 141 Å². The molecule has 0 amide bonds. The van der Waals surface area contributed by atoms with Crippen molar-refractivity contribution in [3.05, 3.63) is 12.2 Å². The van der Waals surface area contributed by atoms with Gasteiger partial charge in [0.1, 0.15) is 0 Å². The predicted octanol–water partition coefficient (Wildman–Crippen LogP) is 12.5. The second-order valence-electron chi connectivity index (χ2n) is 12.0. The van der Waals surface area contributed by atoms with E-state index in [-0.39, 0.29) is 0 Å². The Kier molecular flexibility index (Phi) is 31.4. The molecule has 0 aromatic rings. The van der Waals surface area contributed by atoms with E-state index < -0.39 is 6.16 Å². The zero-order valence-corrected chi connectivity index (χ0v) is 26.3. The Labute approximate surface area is 239 Å². The van der Waals surface area contributed by atoms with E-state index >= 15 is 0 Å². The molecule has 0 rings (SSSR count). The molecule has 0 aliphatic rings. The Morgan fingerprint density at radius 1 is 0.500 bits per heavy atom. The number of carbonyl (C=O) groups is 1. The number of carbonyl (C=O) groups excluding carboxylic acids is 1. The van der Waals surface area contributed by atoms with Crippen LogP contribution >= 0.6 is 0 Å². The minimum absolute atomic E-state index is 0.480. The molecule has 0 unspecified atom stereocenters. The molecular formula is C35H68O3. The molecule has 0 aliphatic carbocycles. The Bertz CT molecular complexity index is 486. The average Bonchev–Trinajstić information content (AvgIpc) is 2.90. The van der Waals surface area contributed by atoms with Gasteiger partial charge in [0.15, 0.2) is 0 Å². The van der Waals surface area contributed by atoms with Crippen molar-refractivity contribution in [2.45, 2.75) is 188 Å². The maximum atomic E-state index is 11.7. The highest BCUT2D eigenvalue weighted by Crippen LogP contribution is 2.14. The van der Waals surface area contributed by atoms with E-state index in [1.54, 1.807) is 0 Å². The summed E-state index contributed by atoms with van der Waals surface area (Å²) in [6.45, 7) is 7.88. The van der Waals surface area contributed by atoms with Gasteiger partial charge in [0.2, 0.25) is 0 Å². The molecular weight excluding hydrogens is 468 g/mol. The van der Waals surface area contributed by atoms with E-state index in [0.717, 1.165) is 31.6 Å². The lowest BCUT2D eigenvalue weighted by Crippen LogP contribution is -2.09. The molecule has 0 fully saturated rings. The topological polar surface area (TPSA) is 35.5 Å². The van der Waals surface area contributed by atoms with Gasteiger partial charge in [-0.05, 0) is 44.4 Å². The van der Waals surface area contributed by atoms with Crippen LogP contribution < -0.4 is 0 Å². The third kappa shape index (κ3) is 33.0. The molecule has 0 bridgehead atoms. The molecule has 0 saturated heterocycles. The summed E-state index contributed by atoms with van der Waals surface area (Å²) in [6.07, 6.45) is 38.2. The summed E-state index contributed by atoms with van der Waals surface area (Å²) in [4.78, 5) is 11.7. The minimum atomic E-state index is -0.480. The predicted molar refractivity (Wildman–Crippen MR) is 167 cm³/mol. The molecule has 0 saturated carbocycles. The molecule has 0 N–H and O–H groups in total. The van der Waals surface area contributed by atoms with E-state index in [2.05, 4.69) is 32.9 Å². The summed E-state index contributed by atoms with van der Waals surface area (Å²) in [6, 6.07) is 0. The number of hydrogen-bond donors (Lipinski definition) is 0. The Hall–Kier alpha value is -0.990. The normalized spacial score (nSPS) is 11.6. The summed E-state index contributed by atoms with van der Waals surface area (Å²) < 4.78 is 10.4. The average molecular weight is 537 g/mol. The lowest BCUT2D eigenvalue weighted by Gasteiger charge is -2.07. The van der Waals surface area contributed by atoms with Gasteiger partial charge in [-0.2, -0.15) is 0 Å². The standard InChI is InChI=1S/C35H68O3/c1-4-5-6-7-8-9-10-11-12-13-14-15-16-17-18-19-20-23-26-29-32-37-35(36)38-33-30-27-24-21-22-25-28-31-34(2)3/h11-12,34H,4-10,13-33H2,1-3H3/b12-11-. The first-order valence-corrected chi connectivity index (χ1v) is 17.1. The van der Waals surface area contributed by atoms with Crippen LogP contribution in [-0.2, 0) is 9.47 Å². The quantitative estimate of drug-likeness (QED) is 0.0520. The van der Waals surface area contributed by atoms with Gasteiger partial charge in [0.05, 0.1) is 13.2 Å². The smallest absolute Gasteiger partial charge is 0.434 e. The van der Waals surface area contributed by atoms with Gasteiger partial charge in [-0.25, -0.2) is 4.79 Å². The van der Waals surface area contributed by atoms with Gasteiger partial charge in [0, 0.05) is 0 Å². The van der Waals surface area contributed by atoms with Gasteiger partial charge in [0.25, 0.3) is 0 Å². The second-order valence-corrected chi connectivity index (χ2v) is 12.0. The van der Waals surface area contributed by atoms with Crippen LogP contribution in [-0.4, -0.2) is 19.4 Å². The Balaban J connectivity index is 3.18. The summed E-state index contributed by atoms with van der Waals surface area (Å²) in [5.74, 6) is 0.832. The molecule has 0 radical (unpaired) electrons. The third-order valence-corrected chi connectivity index (χ3v) is 7.52. The van der Waals surface area contributed by atoms with Gasteiger partial charge in [-0.15, -0.1) is 0 Å². The van der Waals surface area contributed by atoms with Crippen LogP contribution in [0.2, 0.25) is 0 Å². The molecule has 0 heterocycles. The number of allylic oxidation sites excluding steroid dienone is 2. The van der Waals surface area contributed by atoms with Crippen molar-refractivity contribution in [2.24, 2.45) is 5.92 Å². The molecule has 0 aliphatic heterocycles. The monoisotopic (exact) mass is 537 g/mol. The Morgan fingerprint density at radius 2 is 0.842 bits per heavy atom. The molecule has 38 heavy (non-hydrogen) atoms. The Morgan fingerprint density at radius 3 is 1.24 bits per heavy atom. The first-order chi connectivity index (χ1) is 18.7. The fraction of sp³-hybridized carbons (Fsp3) is 0.914. The molecule has 0 aromatic heterocycles. The number of hydrogen-bond acceptors (Lipinski definition) is 3. The van der Waals surface area contributed by atoms with Gasteiger partial charge in [-0.3, -0.25) is 0 Å². The highest BCUT2D eigenvalue weighted by Gasteiger charge is 2.03. The van der Waals surface area contributed by atoms with Crippen LogP contribution in [0.1, 0.15) is 188 Å². The highest BCUT2D eigenvalue weighted by molar-refractivity contribution is 5.59. The summed E-state index contributed by atoms with van der Waals surface area (Å²) in [7, 11) is 0. The van der Waals surface area contributed by atoms with E-state index in [9.17, 15) is 4.79 Å². The van der Waals surface area contributed by atoms with E-state index in [0.29, 0.717) is 13.2 Å². The molecule has 0 atom stereocenters. The zero-order chi connectivity index (χ0) is 27.8. The van der Waals surface area contributed by atoms with Crippen LogP contribution in [0.5, 0.6) is 0 Å². The molecule has 226 valence electrons. The van der Waals surface area contributed by atoms with Crippen molar-refractivity contribution < 1.29 is 14.3 Å². The van der Waals surface area contributed by atoms with Crippen molar-refractivity contribution in [3.63, 3.8) is 0 Å². The summed E-state index contributed by atoms with van der Waals surface area (Å²) >= 11 is 0. The molecule has 0 aromatic carbocycles. The minimum Gasteiger partial charge on any atom is -0.434 e. The van der Waals surface area contributed by atoms with E-state index in [1.807, 2.05) is 0 Å². The maximum absolute atomic E-state index is 11.7. The lowest BCUT2D eigenvalue weighted by molar-refractivity contribution is 0.0529. The largest absolute Gasteiger partial charge is 0.508 e. The zero-order valence-electron chi connectivity index (χ0n) is 26.3. The van der Waals surface area contributed by atoms with Crippen LogP contribution in [0.4, 0.5) is 4.79 Å². The molecule has 3 heteroatoms. The third-order valence-electron chi connectivity index (χ3n) is 7.52. The fourth-order valence-corrected chi connectivity index (χ4v) is 4.95. The van der Waals surface area contributed by atoms with E-state index in [4.69, 9.17) is 9.47 Å². The van der Waals surface area contributed by atoms with Crippen LogP contribution in [0.15, 0.2) is 12.2 Å². The first kappa shape index (κ1) is 37.0. The highest BCUT2D eigenvalue weighted by atomic mass is 16.7.